The molecule has 25 heavy (non-hydrogen) atoms. The Kier molecular flexibility index (Phi) is 8.37. The molecule has 1 atom stereocenters. The highest BCUT2D eigenvalue weighted by Crippen LogP contribution is 2.38. The molecule has 2 N–H and O–H groups in total. The van der Waals surface area contributed by atoms with Gasteiger partial charge in [0.15, 0.2) is 0 Å². The number of ketones is 1. The van der Waals surface area contributed by atoms with Crippen molar-refractivity contribution in [2.45, 2.75) is 71.5 Å². The minimum Gasteiger partial charge on any atom is -0.481 e. The number of hydrogen-bond acceptors (Lipinski definition) is 6. The molecule has 0 heterocycles. The largest absolute Gasteiger partial charge is 0.481 e. The van der Waals surface area contributed by atoms with Gasteiger partial charge in [0, 0.05) is 19.9 Å². The highest BCUT2D eigenvalue weighted by atomic mass is 16.7. The summed E-state index contributed by atoms with van der Waals surface area (Å²) in [5.41, 5.74) is -0.472. The summed E-state index contributed by atoms with van der Waals surface area (Å²) in [6.07, 6.45) is 2.97. The third-order valence-electron chi connectivity index (χ3n) is 4.30. The molecule has 1 saturated carbocycles. The number of rotatable bonds is 9. The summed E-state index contributed by atoms with van der Waals surface area (Å²) in [4.78, 5) is 45.8. The fourth-order valence-electron chi connectivity index (χ4n) is 3.06. The van der Waals surface area contributed by atoms with Crippen LogP contribution in [0.4, 0.5) is 4.79 Å². The maximum absolute atomic E-state index is 11.8. The molecule has 1 amide bonds. The van der Waals surface area contributed by atoms with Crippen LogP contribution in [0.3, 0.4) is 0 Å². The van der Waals surface area contributed by atoms with Crippen LogP contribution in [0.15, 0.2) is 0 Å². The summed E-state index contributed by atoms with van der Waals surface area (Å²) in [5, 5.41) is 11.7. The van der Waals surface area contributed by atoms with Crippen LogP contribution in [0.2, 0.25) is 0 Å². The van der Waals surface area contributed by atoms with Gasteiger partial charge in [-0.3, -0.25) is 9.59 Å². The molecule has 0 radical (unpaired) electrons. The van der Waals surface area contributed by atoms with Crippen molar-refractivity contribution in [3.63, 3.8) is 0 Å². The molecular weight excluding hydrogens is 330 g/mol. The molecule has 8 heteroatoms. The Morgan fingerprint density at radius 3 is 2.32 bits per heavy atom. The Hall–Kier alpha value is -2.12. The Morgan fingerprint density at radius 2 is 1.76 bits per heavy atom. The first kappa shape index (κ1) is 20.9. The van der Waals surface area contributed by atoms with Crippen molar-refractivity contribution >= 4 is 23.8 Å². The second-order valence-electron chi connectivity index (χ2n) is 6.54. The topological polar surface area (TPSA) is 119 Å². The molecule has 0 bridgehead atoms. The zero-order valence-corrected chi connectivity index (χ0v) is 14.8. The van der Waals surface area contributed by atoms with Crippen LogP contribution >= 0.6 is 0 Å². The van der Waals surface area contributed by atoms with Crippen LogP contribution < -0.4 is 5.32 Å². The van der Waals surface area contributed by atoms with E-state index in [1.165, 1.54) is 6.92 Å². The number of carboxylic acids is 1. The van der Waals surface area contributed by atoms with E-state index in [-0.39, 0.29) is 19.4 Å². The van der Waals surface area contributed by atoms with Crippen LogP contribution in [0.25, 0.3) is 0 Å². The molecule has 0 aromatic carbocycles. The predicted octanol–water partition coefficient (Wildman–Crippen LogP) is 2.40. The summed E-state index contributed by atoms with van der Waals surface area (Å²) in [6, 6.07) is 0. The maximum atomic E-state index is 11.8. The van der Waals surface area contributed by atoms with E-state index in [9.17, 15) is 19.2 Å². The summed E-state index contributed by atoms with van der Waals surface area (Å²) in [6.45, 7) is 3.29. The van der Waals surface area contributed by atoms with Crippen LogP contribution in [0.5, 0.6) is 0 Å². The highest BCUT2D eigenvalue weighted by Gasteiger charge is 2.35. The van der Waals surface area contributed by atoms with Crippen molar-refractivity contribution in [1.82, 2.24) is 5.32 Å². The van der Waals surface area contributed by atoms with E-state index in [2.05, 4.69) is 5.32 Å². The zero-order chi connectivity index (χ0) is 18.9. The molecule has 0 spiro atoms. The molecule has 0 saturated heterocycles. The van der Waals surface area contributed by atoms with Crippen LogP contribution in [-0.2, 0) is 23.9 Å². The van der Waals surface area contributed by atoms with E-state index < -0.39 is 35.5 Å². The number of amides is 1. The number of esters is 1. The summed E-state index contributed by atoms with van der Waals surface area (Å²) >= 11 is 0. The molecule has 0 aromatic rings. The number of nitrogens with one attached hydrogen (secondary N) is 1. The molecule has 8 nitrogen and oxygen atoms in total. The minimum absolute atomic E-state index is 0.0106. The van der Waals surface area contributed by atoms with Crippen molar-refractivity contribution in [3.8, 4) is 0 Å². The van der Waals surface area contributed by atoms with Crippen LogP contribution in [0, 0.1) is 5.41 Å². The van der Waals surface area contributed by atoms with Gasteiger partial charge in [0.25, 0.3) is 0 Å². The molecule has 1 unspecified atom stereocenters. The molecular formula is C17H27NO7. The van der Waals surface area contributed by atoms with Gasteiger partial charge in [-0.1, -0.05) is 26.2 Å². The van der Waals surface area contributed by atoms with E-state index in [0.717, 1.165) is 32.1 Å². The Morgan fingerprint density at radius 1 is 1.12 bits per heavy atom. The monoisotopic (exact) mass is 357 g/mol. The van der Waals surface area contributed by atoms with Crippen LogP contribution in [-0.4, -0.2) is 41.8 Å². The first-order valence-corrected chi connectivity index (χ1v) is 8.68. The third-order valence-corrected chi connectivity index (χ3v) is 4.30. The van der Waals surface area contributed by atoms with Gasteiger partial charge in [0.05, 0.1) is 6.42 Å². The fourth-order valence-corrected chi connectivity index (χ4v) is 3.06. The zero-order valence-electron chi connectivity index (χ0n) is 14.8. The van der Waals surface area contributed by atoms with Gasteiger partial charge in [-0.25, -0.2) is 9.59 Å². The third kappa shape index (κ3) is 7.53. The summed E-state index contributed by atoms with van der Waals surface area (Å²) < 4.78 is 9.65. The van der Waals surface area contributed by atoms with Crippen LogP contribution in [0.1, 0.15) is 65.2 Å². The number of carbonyl (C=O) groups is 4. The smallest absolute Gasteiger partial charge is 0.410 e. The Labute approximate surface area is 147 Å². The first-order valence-electron chi connectivity index (χ1n) is 8.68. The van der Waals surface area contributed by atoms with Gasteiger partial charge in [-0.05, 0) is 24.7 Å². The quantitative estimate of drug-likeness (QED) is 0.369. The Bertz CT molecular complexity index is 497. The fraction of sp³-hybridized carbons (Fsp3) is 0.765. The minimum atomic E-state index is -1.20. The van der Waals surface area contributed by atoms with Crippen molar-refractivity contribution < 1.29 is 33.8 Å². The summed E-state index contributed by atoms with van der Waals surface area (Å²) in [5.74, 6) is -2.59. The number of Topliss-reactive ketones (excluding diaryl/α,β-unsaturated/α-hetero) is 1. The van der Waals surface area contributed by atoms with E-state index >= 15 is 0 Å². The van der Waals surface area contributed by atoms with Gasteiger partial charge in [-0.15, -0.1) is 0 Å². The molecule has 1 rings (SSSR count). The van der Waals surface area contributed by atoms with E-state index in [1.807, 2.05) is 0 Å². The standard InChI is InChI=1S/C17H27NO7/c1-3-7-13(19)15(22)24-12(2)25-16(23)18-11-17(10-14(20)21)8-5-4-6-9-17/h12H,3-11H2,1-2H3,(H,18,23)(H,20,21). The SMILES string of the molecule is CCCC(=O)C(=O)OC(C)OC(=O)NCC1(CC(=O)O)CCCCC1. The number of hydrogen-bond donors (Lipinski definition) is 2. The van der Waals surface area contributed by atoms with E-state index in [0.29, 0.717) is 6.42 Å². The van der Waals surface area contributed by atoms with Gasteiger partial charge >= 0.3 is 18.0 Å². The first-order chi connectivity index (χ1) is 11.8. The normalized spacial score (nSPS) is 17.2. The lowest BCUT2D eigenvalue weighted by Crippen LogP contribution is -2.41. The van der Waals surface area contributed by atoms with Gasteiger partial charge in [0.2, 0.25) is 12.1 Å². The molecule has 0 aromatic heterocycles. The average molecular weight is 357 g/mol. The van der Waals surface area contributed by atoms with Crippen molar-refractivity contribution in [2.75, 3.05) is 6.54 Å². The number of alkyl carbamates (subject to hydrolysis) is 1. The van der Waals surface area contributed by atoms with Crippen molar-refractivity contribution in [2.24, 2.45) is 5.41 Å². The average Bonchev–Trinajstić information content (AvgIpc) is 2.53. The van der Waals surface area contributed by atoms with E-state index in [4.69, 9.17) is 14.6 Å². The second kappa shape index (κ2) is 10.0. The second-order valence-corrected chi connectivity index (χ2v) is 6.54. The molecule has 142 valence electrons. The van der Waals surface area contributed by atoms with Gasteiger partial charge in [0.1, 0.15) is 0 Å². The number of carboxylic acid groups (broad SMARTS) is 1. The lowest BCUT2D eigenvalue weighted by Gasteiger charge is -2.36. The number of aliphatic carboxylic acids is 1. The van der Waals surface area contributed by atoms with Crippen molar-refractivity contribution in [1.29, 1.82) is 0 Å². The van der Waals surface area contributed by atoms with Gasteiger partial charge in [-0.2, -0.15) is 0 Å². The highest BCUT2D eigenvalue weighted by molar-refractivity contribution is 6.33. The predicted molar refractivity (Wildman–Crippen MR) is 87.7 cm³/mol. The van der Waals surface area contributed by atoms with Crippen molar-refractivity contribution in [3.05, 3.63) is 0 Å². The molecule has 1 aliphatic carbocycles. The maximum Gasteiger partial charge on any atom is 0.410 e. The number of carbonyl (C=O) groups excluding carboxylic acids is 3. The molecule has 1 fully saturated rings. The lowest BCUT2D eigenvalue weighted by molar-refractivity contribution is -0.170. The van der Waals surface area contributed by atoms with Gasteiger partial charge < -0.3 is 19.9 Å². The molecule has 1 aliphatic rings. The number of ether oxygens (including phenoxy) is 2. The van der Waals surface area contributed by atoms with E-state index in [1.54, 1.807) is 6.92 Å². The molecule has 0 aliphatic heterocycles. The lowest BCUT2D eigenvalue weighted by atomic mass is 9.72. The Balaban J connectivity index is 2.45. The summed E-state index contributed by atoms with van der Waals surface area (Å²) in [7, 11) is 0.